The highest BCUT2D eigenvalue weighted by molar-refractivity contribution is 7.07. The van der Waals surface area contributed by atoms with E-state index in [-0.39, 0.29) is 50.6 Å². The molecule has 0 fully saturated rings. The zero-order valence-corrected chi connectivity index (χ0v) is 18.8. The van der Waals surface area contributed by atoms with Crippen LogP contribution in [0.25, 0.3) is 22.5 Å². The summed E-state index contributed by atoms with van der Waals surface area (Å²) in [6, 6.07) is 3.71. The lowest BCUT2D eigenvalue weighted by Crippen LogP contribution is -2.45. The van der Waals surface area contributed by atoms with E-state index in [0.29, 0.717) is 0 Å². The minimum atomic E-state index is -0.716. The monoisotopic (exact) mass is 505 g/mol. The zero-order chi connectivity index (χ0) is 24.2. The van der Waals surface area contributed by atoms with Crippen molar-refractivity contribution in [3.05, 3.63) is 57.8 Å². The largest absolute Gasteiger partial charge is 0.369 e. The maximum absolute atomic E-state index is 14.8. The highest BCUT2D eigenvalue weighted by Gasteiger charge is 2.20. The lowest BCUT2D eigenvalue weighted by Gasteiger charge is -2.10. The Morgan fingerprint density at radius 2 is 2.06 bits per heavy atom. The third kappa shape index (κ3) is 5.10. The maximum Gasteiger partial charge on any atom is 0.283 e. The fraction of sp³-hybridized carbons (Fsp3) is 0.111. The summed E-state index contributed by atoms with van der Waals surface area (Å²) >= 11 is 6.91. The predicted octanol–water partition coefficient (Wildman–Crippen LogP) is 1.47. The fourth-order valence-corrected chi connectivity index (χ4v) is 3.41. The SMILES string of the molecule is Cn1nnc(-c2c(F)cc(Cl)cc2-c2cnc(CN=C(N)NNC(=O)c3cnns3)c(F)c2)n1. The molecular formula is C18H14ClF2N11OS. The molecule has 0 aliphatic carbocycles. The molecule has 0 saturated carbocycles. The molecule has 3 heterocycles. The van der Waals surface area contributed by atoms with Crippen LogP contribution in [0.3, 0.4) is 0 Å². The van der Waals surface area contributed by atoms with E-state index in [2.05, 4.69) is 45.8 Å². The van der Waals surface area contributed by atoms with Crippen LogP contribution in [0.2, 0.25) is 5.02 Å². The molecule has 0 radical (unpaired) electrons. The number of aryl methyl sites for hydroxylation is 1. The number of benzene rings is 1. The van der Waals surface area contributed by atoms with Gasteiger partial charge in [-0.05, 0) is 40.5 Å². The van der Waals surface area contributed by atoms with E-state index >= 15 is 0 Å². The number of carbonyl (C=O) groups excluding carboxylic acids is 1. The Kier molecular flexibility index (Phi) is 6.65. The summed E-state index contributed by atoms with van der Waals surface area (Å²) in [6.07, 6.45) is 2.62. The number of halogens is 3. The van der Waals surface area contributed by atoms with Gasteiger partial charge < -0.3 is 5.73 Å². The molecule has 12 nitrogen and oxygen atoms in total. The van der Waals surface area contributed by atoms with E-state index < -0.39 is 17.5 Å². The van der Waals surface area contributed by atoms with Crippen LogP contribution in [0, 0.1) is 11.6 Å². The number of nitrogens with one attached hydrogen (secondary N) is 2. The molecule has 174 valence electrons. The van der Waals surface area contributed by atoms with Crippen molar-refractivity contribution in [2.24, 2.45) is 17.8 Å². The van der Waals surface area contributed by atoms with Crippen molar-refractivity contribution in [2.45, 2.75) is 6.54 Å². The van der Waals surface area contributed by atoms with E-state index in [1.807, 2.05) is 0 Å². The van der Waals surface area contributed by atoms with E-state index in [1.165, 1.54) is 30.3 Å². The molecule has 0 aliphatic rings. The summed E-state index contributed by atoms with van der Waals surface area (Å²) in [5, 5.41) is 15.2. The van der Waals surface area contributed by atoms with Gasteiger partial charge in [-0.3, -0.25) is 20.6 Å². The second-order valence-corrected chi connectivity index (χ2v) is 7.85. The van der Waals surface area contributed by atoms with Crippen LogP contribution in [0.4, 0.5) is 8.78 Å². The highest BCUT2D eigenvalue weighted by atomic mass is 35.5. The smallest absolute Gasteiger partial charge is 0.283 e. The van der Waals surface area contributed by atoms with Crippen molar-refractivity contribution in [3.8, 4) is 22.5 Å². The number of pyridine rings is 1. The molecule has 0 saturated heterocycles. The molecule has 1 amide bonds. The molecule has 0 aliphatic heterocycles. The number of amides is 1. The summed E-state index contributed by atoms with van der Waals surface area (Å²) in [5.41, 5.74) is 10.8. The number of nitrogens with two attached hydrogens (primary N) is 1. The van der Waals surface area contributed by atoms with Gasteiger partial charge in [0.25, 0.3) is 5.91 Å². The van der Waals surface area contributed by atoms with Gasteiger partial charge in [0.05, 0.1) is 31.0 Å². The minimum absolute atomic E-state index is 0.00444. The van der Waals surface area contributed by atoms with Crippen molar-refractivity contribution >= 4 is 35.0 Å². The Morgan fingerprint density at radius 1 is 1.24 bits per heavy atom. The van der Waals surface area contributed by atoms with Gasteiger partial charge in [0.2, 0.25) is 11.8 Å². The predicted molar refractivity (Wildman–Crippen MR) is 118 cm³/mol. The summed E-state index contributed by atoms with van der Waals surface area (Å²) in [5.74, 6) is -2.09. The van der Waals surface area contributed by atoms with Crippen LogP contribution >= 0.6 is 23.1 Å². The number of hydrogen-bond donors (Lipinski definition) is 3. The number of guanidine groups is 1. The summed E-state index contributed by atoms with van der Waals surface area (Å²) in [4.78, 5) is 21.2. The lowest BCUT2D eigenvalue weighted by molar-refractivity contribution is 0.0947. The number of hydrazine groups is 1. The molecule has 0 bridgehead atoms. The molecule has 4 aromatic rings. The van der Waals surface area contributed by atoms with Crippen LogP contribution in [-0.2, 0) is 13.6 Å². The van der Waals surface area contributed by atoms with Gasteiger partial charge in [0.1, 0.15) is 16.5 Å². The average molecular weight is 506 g/mol. The average Bonchev–Trinajstić information content (AvgIpc) is 3.48. The first kappa shape index (κ1) is 23.1. The summed E-state index contributed by atoms with van der Waals surface area (Å²) in [6.45, 7) is -0.231. The molecule has 0 unspecified atom stereocenters. The summed E-state index contributed by atoms with van der Waals surface area (Å²) < 4.78 is 33.1. The third-order valence-corrected chi connectivity index (χ3v) is 5.19. The maximum atomic E-state index is 14.8. The second kappa shape index (κ2) is 9.80. The molecule has 4 N–H and O–H groups in total. The van der Waals surface area contributed by atoms with E-state index in [9.17, 15) is 13.6 Å². The molecule has 0 spiro atoms. The standard InChI is InChI=1S/C18H14ClF2N11OS/c1-32-29-16(26-30-32)15-10(3-9(19)4-12(15)21)8-2-11(20)13(23-5-8)6-24-18(22)28-27-17(33)14-7-25-31-34-14/h2-5,7H,6H2,1H3,(H,27,33)(H3,22,24,28). The van der Waals surface area contributed by atoms with Crippen molar-refractivity contribution in [2.75, 3.05) is 0 Å². The number of aromatic nitrogens is 7. The quantitative estimate of drug-likeness (QED) is 0.207. The number of hydrogen-bond acceptors (Lipinski definition) is 9. The van der Waals surface area contributed by atoms with Gasteiger partial charge in [-0.25, -0.2) is 13.8 Å². The molecule has 34 heavy (non-hydrogen) atoms. The normalized spacial score (nSPS) is 11.5. The Balaban J connectivity index is 1.53. The molecule has 3 aromatic heterocycles. The van der Waals surface area contributed by atoms with Gasteiger partial charge in [-0.15, -0.1) is 15.3 Å². The molecule has 16 heteroatoms. The topological polar surface area (TPSA) is 162 Å². The van der Waals surface area contributed by atoms with Gasteiger partial charge in [-0.1, -0.05) is 16.1 Å². The Morgan fingerprint density at radius 3 is 2.74 bits per heavy atom. The Labute approximate surface area is 199 Å². The molecular weight excluding hydrogens is 492 g/mol. The van der Waals surface area contributed by atoms with Crippen molar-refractivity contribution in [1.29, 1.82) is 0 Å². The number of carbonyl (C=O) groups is 1. The zero-order valence-electron chi connectivity index (χ0n) is 17.2. The lowest BCUT2D eigenvalue weighted by atomic mass is 9.99. The van der Waals surface area contributed by atoms with Crippen LogP contribution in [0.5, 0.6) is 0 Å². The number of rotatable bonds is 5. The van der Waals surface area contributed by atoms with Gasteiger partial charge in [0, 0.05) is 16.8 Å². The molecule has 4 rings (SSSR count). The molecule has 1 aromatic carbocycles. The highest BCUT2D eigenvalue weighted by Crippen LogP contribution is 2.35. The van der Waals surface area contributed by atoms with Crippen molar-refractivity contribution in [3.63, 3.8) is 0 Å². The fourth-order valence-electron chi connectivity index (χ4n) is 2.79. The second-order valence-electron chi connectivity index (χ2n) is 6.63. The summed E-state index contributed by atoms with van der Waals surface area (Å²) in [7, 11) is 1.53. The minimum Gasteiger partial charge on any atom is -0.369 e. The van der Waals surface area contributed by atoms with Crippen LogP contribution in [0.1, 0.15) is 15.4 Å². The Bertz CT molecular complexity index is 1380. The van der Waals surface area contributed by atoms with E-state index in [1.54, 1.807) is 0 Å². The Hall–Kier alpha value is -4.11. The van der Waals surface area contributed by atoms with E-state index in [4.69, 9.17) is 17.3 Å². The van der Waals surface area contributed by atoms with Crippen molar-refractivity contribution in [1.82, 2.24) is 45.6 Å². The molecule has 0 atom stereocenters. The van der Waals surface area contributed by atoms with Crippen LogP contribution in [0.15, 0.2) is 35.6 Å². The number of tetrazole rings is 1. The van der Waals surface area contributed by atoms with Gasteiger partial charge in [-0.2, -0.15) is 4.80 Å². The van der Waals surface area contributed by atoms with Gasteiger partial charge >= 0.3 is 0 Å². The van der Waals surface area contributed by atoms with Gasteiger partial charge in [0.15, 0.2) is 0 Å². The van der Waals surface area contributed by atoms with E-state index in [0.717, 1.165) is 23.7 Å². The van der Waals surface area contributed by atoms with Crippen LogP contribution in [-0.4, -0.2) is 46.6 Å². The third-order valence-electron chi connectivity index (χ3n) is 4.30. The first-order valence-corrected chi connectivity index (χ1v) is 10.5. The first-order valence-electron chi connectivity index (χ1n) is 9.33. The number of aliphatic imine (C=N–C) groups is 1. The van der Waals surface area contributed by atoms with Crippen LogP contribution < -0.4 is 16.6 Å². The number of nitrogens with zero attached hydrogens (tertiary/aromatic N) is 8. The first-order chi connectivity index (χ1) is 16.3. The van der Waals surface area contributed by atoms with Crippen molar-refractivity contribution < 1.29 is 13.6 Å².